The van der Waals surface area contributed by atoms with E-state index >= 15 is 0 Å². The molecular formula is C21H34BrN3O4S. The normalized spacial score (nSPS) is 35.6. The van der Waals surface area contributed by atoms with E-state index in [-0.39, 0.29) is 40.3 Å². The molecule has 7 nitrogen and oxygen atoms in total. The molecule has 9 heteroatoms. The van der Waals surface area contributed by atoms with Gasteiger partial charge in [-0.1, -0.05) is 43.1 Å². The maximum atomic E-state index is 13.8. The number of carbonyl (C=O) groups is 3. The largest absolute Gasteiger partial charge is 0.394 e. The van der Waals surface area contributed by atoms with Gasteiger partial charge in [-0.2, -0.15) is 0 Å². The third-order valence-electron chi connectivity index (χ3n) is 6.70. The van der Waals surface area contributed by atoms with Gasteiger partial charge in [-0.15, -0.1) is 11.8 Å². The molecule has 3 aliphatic heterocycles. The van der Waals surface area contributed by atoms with Crippen molar-refractivity contribution in [3.05, 3.63) is 0 Å². The second kappa shape index (κ2) is 9.36. The number of nitrogens with zero attached hydrogens (tertiary/aromatic N) is 1. The first kappa shape index (κ1) is 23.9. The Morgan fingerprint density at radius 2 is 2.07 bits per heavy atom. The predicted octanol–water partition coefficient (Wildman–Crippen LogP) is 1.52. The molecular weight excluding hydrogens is 470 g/mol. The van der Waals surface area contributed by atoms with Gasteiger partial charge in [0.25, 0.3) is 0 Å². The van der Waals surface area contributed by atoms with Crippen molar-refractivity contribution in [2.45, 2.75) is 73.4 Å². The highest BCUT2D eigenvalue weighted by Crippen LogP contribution is 2.68. The van der Waals surface area contributed by atoms with E-state index in [0.717, 1.165) is 12.8 Å². The number of nitrogens with one attached hydrogen (secondary N) is 2. The first-order valence-corrected chi connectivity index (χ1v) is 12.8. The number of hydrogen-bond acceptors (Lipinski definition) is 5. The standard InChI is InChI=1S/C21H34BrN3O4S/c1-5-6-7-24-19(28)17-21-9-13(22)16(30-21)14(18(27)23-4)15(21)20(29)25(17)12(10-26)8-11(2)3/h11-17,26H,5-10H2,1-4H3,(H,23,27)(H,24,28)/t12-,13?,14+,15+,16+,17?,21?/m1/s1. The fourth-order valence-corrected chi connectivity index (χ4v) is 9.13. The number of alkyl halides is 1. The maximum Gasteiger partial charge on any atom is 0.244 e. The van der Waals surface area contributed by atoms with Crippen LogP contribution >= 0.6 is 27.7 Å². The lowest BCUT2D eigenvalue weighted by Gasteiger charge is -2.37. The average molecular weight is 504 g/mol. The highest BCUT2D eigenvalue weighted by Gasteiger charge is 2.76. The van der Waals surface area contributed by atoms with Gasteiger partial charge >= 0.3 is 0 Å². The van der Waals surface area contributed by atoms with E-state index in [2.05, 4.69) is 33.5 Å². The van der Waals surface area contributed by atoms with Crippen molar-refractivity contribution in [3.8, 4) is 0 Å². The molecule has 30 heavy (non-hydrogen) atoms. The Kier molecular flexibility index (Phi) is 7.45. The molecule has 3 rings (SSSR count). The first-order chi connectivity index (χ1) is 14.2. The molecule has 0 aromatic heterocycles. The molecule has 3 fully saturated rings. The summed E-state index contributed by atoms with van der Waals surface area (Å²) in [6.07, 6.45) is 3.11. The molecule has 0 radical (unpaired) electrons. The number of thioether (sulfide) groups is 1. The van der Waals surface area contributed by atoms with E-state index in [1.54, 1.807) is 23.7 Å². The Hall–Kier alpha value is -0.800. The van der Waals surface area contributed by atoms with E-state index in [0.29, 0.717) is 19.4 Å². The molecule has 3 saturated heterocycles. The van der Waals surface area contributed by atoms with E-state index in [1.165, 1.54) is 0 Å². The highest BCUT2D eigenvalue weighted by molar-refractivity contribution is 9.09. The number of fused-ring (bicyclic) bond motifs is 1. The molecule has 3 amide bonds. The zero-order chi connectivity index (χ0) is 22.2. The summed E-state index contributed by atoms with van der Waals surface area (Å²) in [5.74, 6) is -1.21. The zero-order valence-electron chi connectivity index (χ0n) is 18.2. The second-order valence-corrected chi connectivity index (χ2v) is 11.9. The summed E-state index contributed by atoms with van der Waals surface area (Å²) < 4.78 is -0.645. The summed E-state index contributed by atoms with van der Waals surface area (Å²) in [5.41, 5.74) is 0. The van der Waals surface area contributed by atoms with Crippen LogP contribution in [0.2, 0.25) is 0 Å². The monoisotopic (exact) mass is 503 g/mol. The minimum Gasteiger partial charge on any atom is -0.394 e. The third kappa shape index (κ3) is 3.79. The quantitative estimate of drug-likeness (QED) is 0.327. The van der Waals surface area contributed by atoms with Crippen LogP contribution in [0.15, 0.2) is 0 Å². The van der Waals surface area contributed by atoms with Crippen LogP contribution in [0.25, 0.3) is 0 Å². The molecule has 0 aliphatic carbocycles. The molecule has 0 aromatic rings. The lowest BCUT2D eigenvalue weighted by atomic mass is 9.70. The predicted molar refractivity (Wildman–Crippen MR) is 121 cm³/mol. The zero-order valence-corrected chi connectivity index (χ0v) is 20.6. The fraction of sp³-hybridized carbons (Fsp3) is 0.857. The molecule has 0 saturated carbocycles. The second-order valence-electron chi connectivity index (χ2n) is 9.13. The molecule has 0 aromatic carbocycles. The van der Waals surface area contributed by atoms with Crippen molar-refractivity contribution >= 4 is 45.4 Å². The summed E-state index contributed by atoms with van der Waals surface area (Å²) in [5, 5.41) is 15.9. The van der Waals surface area contributed by atoms with Crippen molar-refractivity contribution in [2.75, 3.05) is 20.2 Å². The lowest BCUT2D eigenvalue weighted by molar-refractivity contribution is -0.143. The maximum absolute atomic E-state index is 13.8. The lowest BCUT2D eigenvalue weighted by Crippen LogP contribution is -2.57. The minimum absolute atomic E-state index is 0.0373. The third-order valence-corrected chi connectivity index (χ3v) is 9.92. The molecule has 3 N–H and O–H groups in total. The van der Waals surface area contributed by atoms with Crippen LogP contribution in [-0.4, -0.2) is 74.8 Å². The number of likely N-dealkylation sites (tertiary alicyclic amines) is 1. The Labute approximate surface area is 191 Å². The van der Waals surface area contributed by atoms with E-state index in [4.69, 9.17) is 0 Å². The van der Waals surface area contributed by atoms with Crippen molar-refractivity contribution < 1.29 is 19.5 Å². The van der Waals surface area contributed by atoms with Crippen molar-refractivity contribution in [2.24, 2.45) is 17.8 Å². The van der Waals surface area contributed by atoms with E-state index < -0.39 is 28.7 Å². The topological polar surface area (TPSA) is 98.7 Å². The van der Waals surface area contributed by atoms with Crippen LogP contribution in [0.4, 0.5) is 0 Å². The van der Waals surface area contributed by atoms with Crippen molar-refractivity contribution in [1.82, 2.24) is 15.5 Å². The van der Waals surface area contributed by atoms with Crippen LogP contribution < -0.4 is 10.6 Å². The summed E-state index contributed by atoms with van der Waals surface area (Å²) in [6, 6.07) is -1.11. The van der Waals surface area contributed by atoms with Gasteiger partial charge in [-0.05, 0) is 25.2 Å². The molecule has 3 heterocycles. The molecule has 2 bridgehead atoms. The van der Waals surface area contributed by atoms with Crippen LogP contribution in [0.1, 0.15) is 46.5 Å². The van der Waals surface area contributed by atoms with Gasteiger partial charge in [0, 0.05) is 23.7 Å². The molecule has 1 spiro atoms. The van der Waals surface area contributed by atoms with Crippen LogP contribution in [-0.2, 0) is 14.4 Å². The van der Waals surface area contributed by atoms with Gasteiger partial charge in [-0.3, -0.25) is 14.4 Å². The molecule has 7 atom stereocenters. The van der Waals surface area contributed by atoms with Crippen LogP contribution in [0.3, 0.4) is 0 Å². The molecule has 3 aliphatic rings. The number of unbranched alkanes of at least 4 members (excludes halogenated alkanes) is 1. The Bertz CT molecular complexity index is 693. The average Bonchev–Trinajstić information content (AvgIpc) is 3.29. The van der Waals surface area contributed by atoms with Gasteiger partial charge in [0.15, 0.2) is 0 Å². The number of halogens is 1. The number of carbonyl (C=O) groups excluding carboxylic acids is 3. The number of rotatable bonds is 9. The summed E-state index contributed by atoms with van der Waals surface area (Å²) in [4.78, 5) is 41.7. The summed E-state index contributed by atoms with van der Waals surface area (Å²) in [6.45, 7) is 6.52. The van der Waals surface area contributed by atoms with Gasteiger partial charge in [0.2, 0.25) is 17.7 Å². The van der Waals surface area contributed by atoms with Gasteiger partial charge in [-0.25, -0.2) is 0 Å². The summed E-state index contributed by atoms with van der Waals surface area (Å²) in [7, 11) is 1.59. The van der Waals surface area contributed by atoms with Gasteiger partial charge in [0.05, 0.1) is 29.2 Å². The highest BCUT2D eigenvalue weighted by atomic mass is 79.9. The summed E-state index contributed by atoms with van der Waals surface area (Å²) >= 11 is 5.35. The van der Waals surface area contributed by atoms with E-state index in [9.17, 15) is 19.5 Å². The molecule has 3 unspecified atom stereocenters. The number of aliphatic hydroxyl groups is 1. The number of aliphatic hydroxyl groups excluding tert-OH is 1. The minimum atomic E-state index is -0.674. The molecule has 170 valence electrons. The van der Waals surface area contributed by atoms with Crippen molar-refractivity contribution in [1.29, 1.82) is 0 Å². The Balaban J connectivity index is 2.03. The first-order valence-electron chi connectivity index (χ1n) is 11.0. The Morgan fingerprint density at radius 3 is 2.63 bits per heavy atom. The van der Waals surface area contributed by atoms with Gasteiger partial charge in [0.1, 0.15) is 6.04 Å². The Morgan fingerprint density at radius 1 is 1.37 bits per heavy atom. The SMILES string of the molecule is CCCCNC(=O)C1N([C@@H](CO)CC(C)C)C(=O)[C@@H]2[C@H](C(=O)NC)[C@H]3SC12CC3Br. The van der Waals surface area contributed by atoms with Crippen molar-refractivity contribution in [3.63, 3.8) is 0 Å². The number of hydrogen-bond donors (Lipinski definition) is 3. The van der Waals surface area contributed by atoms with Crippen LogP contribution in [0, 0.1) is 17.8 Å². The van der Waals surface area contributed by atoms with E-state index in [1.807, 2.05) is 13.8 Å². The fourth-order valence-electron chi connectivity index (χ4n) is 5.53. The van der Waals surface area contributed by atoms with Crippen LogP contribution in [0.5, 0.6) is 0 Å². The van der Waals surface area contributed by atoms with Gasteiger partial charge < -0.3 is 20.6 Å². The smallest absolute Gasteiger partial charge is 0.244 e. The number of amides is 3.